The second kappa shape index (κ2) is 5.20. The van der Waals surface area contributed by atoms with Gasteiger partial charge < -0.3 is 10.2 Å². The van der Waals surface area contributed by atoms with E-state index in [1.807, 2.05) is 4.90 Å². The van der Waals surface area contributed by atoms with Crippen LogP contribution in [0.25, 0.3) is 0 Å². The summed E-state index contributed by atoms with van der Waals surface area (Å²) in [6.07, 6.45) is 4.04. The molecule has 2 aliphatic rings. The summed E-state index contributed by atoms with van der Waals surface area (Å²) in [7, 11) is 0. The lowest BCUT2D eigenvalue weighted by Crippen LogP contribution is -2.55. The molecular weight excluding hydrogens is 272 g/mol. The predicted octanol–water partition coefficient (Wildman–Crippen LogP) is 2.22. The zero-order valence-corrected chi connectivity index (χ0v) is 12.6. The Balaban J connectivity index is 1.82. The number of carbonyl (C=O) groups is 2. The number of hydrogen-bond donors (Lipinski definition) is 1. The number of amides is 2. The quantitative estimate of drug-likeness (QED) is 0.908. The van der Waals surface area contributed by atoms with Gasteiger partial charge in [-0.3, -0.25) is 9.59 Å². The first-order valence-corrected chi connectivity index (χ1v) is 8.06. The summed E-state index contributed by atoms with van der Waals surface area (Å²) in [5, 5.41) is 3.00. The Morgan fingerprint density at radius 3 is 2.70 bits per heavy atom. The maximum atomic E-state index is 12.8. The van der Waals surface area contributed by atoms with Crippen molar-refractivity contribution in [3.63, 3.8) is 0 Å². The lowest BCUT2D eigenvalue weighted by Gasteiger charge is -2.31. The van der Waals surface area contributed by atoms with Gasteiger partial charge in [0.15, 0.2) is 0 Å². The lowest BCUT2D eigenvalue weighted by molar-refractivity contribution is -0.139. The molecule has 0 unspecified atom stereocenters. The van der Waals surface area contributed by atoms with Gasteiger partial charge in [-0.05, 0) is 31.9 Å². The van der Waals surface area contributed by atoms with E-state index in [4.69, 9.17) is 0 Å². The zero-order chi connectivity index (χ0) is 14.2. The highest BCUT2D eigenvalue weighted by Crippen LogP contribution is 2.33. The van der Waals surface area contributed by atoms with Crippen LogP contribution in [0.1, 0.15) is 41.9 Å². The van der Waals surface area contributed by atoms with Crippen LogP contribution < -0.4 is 5.32 Å². The van der Waals surface area contributed by atoms with Crippen LogP contribution in [0.4, 0.5) is 0 Å². The van der Waals surface area contributed by atoms with Gasteiger partial charge >= 0.3 is 0 Å². The van der Waals surface area contributed by atoms with E-state index in [0.717, 1.165) is 25.7 Å². The van der Waals surface area contributed by atoms with Gasteiger partial charge in [-0.15, -0.1) is 11.3 Å². The number of nitrogens with zero attached hydrogens (tertiary/aromatic N) is 1. The molecule has 3 rings (SSSR count). The third kappa shape index (κ3) is 2.46. The fraction of sp³-hybridized carbons (Fsp3) is 0.600. The molecule has 0 aromatic carbocycles. The third-order valence-electron chi connectivity index (χ3n) is 4.28. The smallest absolute Gasteiger partial charge is 0.248 e. The van der Waals surface area contributed by atoms with Crippen molar-refractivity contribution in [2.45, 2.75) is 51.1 Å². The Labute approximate surface area is 123 Å². The predicted molar refractivity (Wildman–Crippen MR) is 78.4 cm³/mol. The van der Waals surface area contributed by atoms with E-state index in [-0.39, 0.29) is 11.8 Å². The van der Waals surface area contributed by atoms with E-state index in [9.17, 15) is 9.59 Å². The molecule has 1 saturated carbocycles. The van der Waals surface area contributed by atoms with Gasteiger partial charge in [0, 0.05) is 22.7 Å². The molecule has 1 saturated heterocycles. The largest absolute Gasteiger partial charge is 0.342 e. The van der Waals surface area contributed by atoms with Crippen molar-refractivity contribution in [3.8, 4) is 0 Å². The Hall–Kier alpha value is -1.36. The second-order valence-electron chi connectivity index (χ2n) is 5.83. The highest BCUT2D eigenvalue weighted by molar-refractivity contribution is 7.11. The Bertz CT molecular complexity index is 532. The minimum Gasteiger partial charge on any atom is -0.342 e. The van der Waals surface area contributed by atoms with Crippen LogP contribution in [0.15, 0.2) is 12.1 Å². The molecule has 2 amide bonds. The number of thiophene rings is 1. The molecule has 0 radical (unpaired) electrons. The molecule has 0 atom stereocenters. The number of nitrogens with one attached hydrogen (secondary N) is 1. The summed E-state index contributed by atoms with van der Waals surface area (Å²) in [6.45, 7) is 3.24. The normalized spacial score (nSPS) is 22.1. The fourth-order valence-electron chi connectivity index (χ4n) is 3.25. The molecule has 1 spiro atoms. The number of aryl methyl sites for hydroxylation is 1. The SMILES string of the molecule is Cc1ccc(CN2CCC(=O)NC3(CCCC3)C2=O)s1. The topological polar surface area (TPSA) is 49.4 Å². The number of rotatable bonds is 2. The molecule has 1 aliphatic carbocycles. The van der Waals surface area contributed by atoms with Gasteiger partial charge in [0.1, 0.15) is 5.54 Å². The molecule has 1 N–H and O–H groups in total. The monoisotopic (exact) mass is 292 g/mol. The van der Waals surface area contributed by atoms with Crippen LogP contribution >= 0.6 is 11.3 Å². The van der Waals surface area contributed by atoms with E-state index in [2.05, 4.69) is 24.4 Å². The Morgan fingerprint density at radius 1 is 1.30 bits per heavy atom. The summed E-state index contributed by atoms with van der Waals surface area (Å²) < 4.78 is 0. The van der Waals surface area contributed by atoms with Crippen LogP contribution in [0.3, 0.4) is 0 Å². The molecule has 4 nitrogen and oxygen atoms in total. The standard InChI is InChI=1S/C15H20N2O2S/c1-11-4-5-12(20-11)10-17-9-6-13(18)16-15(14(17)19)7-2-3-8-15/h4-5H,2-3,6-10H2,1H3,(H,16,18). The average molecular weight is 292 g/mol. The number of carbonyl (C=O) groups excluding carboxylic acids is 2. The van der Waals surface area contributed by atoms with Crippen molar-refractivity contribution in [1.29, 1.82) is 0 Å². The van der Waals surface area contributed by atoms with E-state index >= 15 is 0 Å². The molecule has 5 heteroatoms. The molecule has 1 aliphatic heterocycles. The minimum absolute atomic E-state index is 0.0186. The minimum atomic E-state index is -0.611. The Kier molecular flexibility index (Phi) is 3.54. The summed E-state index contributed by atoms with van der Waals surface area (Å²) in [6, 6.07) is 4.16. The third-order valence-corrected chi connectivity index (χ3v) is 5.27. The lowest BCUT2D eigenvalue weighted by atomic mass is 9.96. The molecular formula is C15H20N2O2S. The van der Waals surface area contributed by atoms with Crippen LogP contribution in [-0.2, 0) is 16.1 Å². The average Bonchev–Trinajstić information content (AvgIpc) is 3.01. The van der Waals surface area contributed by atoms with Crippen LogP contribution in [-0.4, -0.2) is 28.8 Å². The van der Waals surface area contributed by atoms with Crippen molar-refractivity contribution in [2.75, 3.05) is 6.54 Å². The summed E-state index contributed by atoms with van der Waals surface area (Å²) in [5.41, 5.74) is -0.611. The summed E-state index contributed by atoms with van der Waals surface area (Å²) >= 11 is 1.72. The van der Waals surface area contributed by atoms with Crippen molar-refractivity contribution in [1.82, 2.24) is 10.2 Å². The summed E-state index contributed by atoms with van der Waals surface area (Å²) in [4.78, 5) is 29.1. The molecule has 1 aromatic heterocycles. The molecule has 108 valence electrons. The molecule has 2 heterocycles. The van der Waals surface area contributed by atoms with Crippen molar-refractivity contribution in [3.05, 3.63) is 21.9 Å². The molecule has 2 fully saturated rings. The van der Waals surface area contributed by atoms with Crippen molar-refractivity contribution >= 4 is 23.2 Å². The first kappa shape index (κ1) is 13.6. The highest BCUT2D eigenvalue weighted by atomic mass is 32.1. The van der Waals surface area contributed by atoms with Crippen LogP contribution in [0, 0.1) is 6.92 Å². The molecule has 20 heavy (non-hydrogen) atoms. The van der Waals surface area contributed by atoms with E-state index < -0.39 is 5.54 Å². The molecule has 0 bridgehead atoms. The van der Waals surface area contributed by atoms with Gasteiger partial charge in [-0.25, -0.2) is 0 Å². The number of hydrogen-bond acceptors (Lipinski definition) is 3. The first-order chi connectivity index (χ1) is 9.59. The van der Waals surface area contributed by atoms with Crippen LogP contribution in [0.5, 0.6) is 0 Å². The van der Waals surface area contributed by atoms with Crippen molar-refractivity contribution in [2.24, 2.45) is 0 Å². The van der Waals surface area contributed by atoms with Crippen molar-refractivity contribution < 1.29 is 9.59 Å². The second-order valence-corrected chi connectivity index (χ2v) is 7.20. The maximum absolute atomic E-state index is 12.8. The van der Waals surface area contributed by atoms with E-state index in [0.29, 0.717) is 19.5 Å². The van der Waals surface area contributed by atoms with Gasteiger partial charge in [-0.1, -0.05) is 12.8 Å². The van der Waals surface area contributed by atoms with E-state index in [1.54, 1.807) is 11.3 Å². The van der Waals surface area contributed by atoms with Gasteiger partial charge in [0.2, 0.25) is 11.8 Å². The Morgan fingerprint density at radius 2 is 2.05 bits per heavy atom. The molecule has 1 aromatic rings. The first-order valence-electron chi connectivity index (χ1n) is 7.25. The van der Waals surface area contributed by atoms with Gasteiger partial charge in [0.05, 0.1) is 6.54 Å². The fourth-order valence-corrected chi connectivity index (χ4v) is 4.16. The summed E-state index contributed by atoms with van der Waals surface area (Å²) in [5.74, 6) is 0.136. The maximum Gasteiger partial charge on any atom is 0.248 e. The van der Waals surface area contributed by atoms with Gasteiger partial charge in [0.25, 0.3) is 0 Å². The van der Waals surface area contributed by atoms with Gasteiger partial charge in [-0.2, -0.15) is 0 Å². The van der Waals surface area contributed by atoms with E-state index in [1.165, 1.54) is 9.75 Å². The van der Waals surface area contributed by atoms with Crippen LogP contribution in [0.2, 0.25) is 0 Å². The highest BCUT2D eigenvalue weighted by Gasteiger charge is 2.46. The zero-order valence-electron chi connectivity index (χ0n) is 11.8.